The molecule has 1 heterocycles. The Hall–Kier alpha value is -2.03. The zero-order valence-corrected chi connectivity index (χ0v) is 10.4. The van der Waals surface area contributed by atoms with E-state index in [1.165, 1.54) is 5.56 Å². The van der Waals surface area contributed by atoms with E-state index in [0.717, 1.165) is 17.1 Å². The number of aryl methyl sites for hydroxylation is 2. The van der Waals surface area contributed by atoms with E-state index in [1.807, 2.05) is 31.1 Å². The molecule has 0 aliphatic rings. The number of nitrogen functional groups attached to an aromatic ring is 1. The number of rotatable bonds is 2. The number of hydrogen-bond donors (Lipinski definition) is 1. The highest BCUT2D eigenvalue weighted by Gasteiger charge is 2.08. The number of nitrogens with two attached hydrogens (primary N) is 1. The molecule has 1 aromatic heterocycles. The van der Waals surface area contributed by atoms with Crippen molar-refractivity contribution in [2.24, 2.45) is 0 Å². The average Bonchev–Trinajstić information content (AvgIpc) is 2.29. The van der Waals surface area contributed by atoms with Gasteiger partial charge in [0, 0.05) is 18.9 Å². The van der Waals surface area contributed by atoms with E-state index in [2.05, 4.69) is 36.2 Å². The summed E-state index contributed by atoms with van der Waals surface area (Å²) in [6, 6.07) is 10.2. The summed E-state index contributed by atoms with van der Waals surface area (Å²) in [6.45, 7) is 4.06. The highest BCUT2D eigenvalue weighted by molar-refractivity contribution is 5.70. The molecule has 0 saturated heterocycles. The van der Waals surface area contributed by atoms with Crippen LogP contribution in [-0.4, -0.2) is 12.0 Å². The Kier molecular flexibility index (Phi) is 3.00. The van der Waals surface area contributed by atoms with Crippen LogP contribution in [0, 0.1) is 13.8 Å². The fourth-order valence-corrected chi connectivity index (χ4v) is 1.76. The Balaban J connectivity index is 2.36. The minimum absolute atomic E-state index is 0.702. The second kappa shape index (κ2) is 4.45. The maximum absolute atomic E-state index is 5.99. The van der Waals surface area contributed by atoms with Crippen LogP contribution in [0.25, 0.3) is 0 Å². The van der Waals surface area contributed by atoms with Crippen LogP contribution in [0.4, 0.5) is 17.2 Å². The van der Waals surface area contributed by atoms with Crippen LogP contribution in [-0.2, 0) is 0 Å². The molecular formula is C14H17N3. The van der Waals surface area contributed by atoms with Gasteiger partial charge in [0.15, 0.2) is 5.82 Å². The van der Waals surface area contributed by atoms with Gasteiger partial charge in [0.1, 0.15) is 0 Å². The quantitative estimate of drug-likeness (QED) is 0.857. The standard InChI is InChI=1S/C14H17N3/c1-10-4-6-12(7-5-10)17(3)14-13(15)8-11(2)9-16-14/h4-9H,15H2,1-3H3. The van der Waals surface area contributed by atoms with Crippen LogP contribution in [0.2, 0.25) is 0 Å². The molecule has 0 amide bonds. The van der Waals surface area contributed by atoms with Crippen molar-refractivity contribution in [2.75, 3.05) is 17.7 Å². The Morgan fingerprint density at radius 3 is 2.29 bits per heavy atom. The van der Waals surface area contributed by atoms with Gasteiger partial charge < -0.3 is 10.6 Å². The van der Waals surface area contributed by atoms with E-state index in [4.69, 9.17) is 5.73 Å². The molecule has 0 bridgehead atoms. The lowest BCUT2D eigenvalue weighted by atomic mass is 10.2. The van der Waals surface area contributed by atoms with Crippen LogP contribution in [0.15, 0.2) is 36.5 Å². The van der Waals surface area contributed by atoms with Crippen LogP contribution in [0.3, 0.4) is 0 Å². The van der Waals surface area contributed by atoms with E-state index in [9.17, 15) is 0 Å². The van der Waals surface area contributed by atoms with E-state index in [1.54, 1.807) is 0 Å². The van der Waals surface area contributed by atoms with Crippen molar-refractivity contribution in [2.45, 2.75) is 13.8 Å². The highest BCUT2D eigenvalue weighted by Crippen LogP contribution is 2.27. The Bertz CT molecular complexity index is 517. The van der Waals surface area contributed by atoms with Crippen molar-refractivity contribution in [1.82, 2.24) is 4.98 Å². The summed E-state index contributed by atoms with van der Waals surface area (Å²) in [5.41, 5.74) is 10.1. The summed E-state index contributed by atoms with van der Waals surface area (Å²) in [7, 11) is 1.97. The zero-order chi connectivity index (χ0) is 12.4. The fraction of sp³-hybridized carbons (Fsp3) is 0.214. The first-order valence-corrected chi connectivity index (χ1v) is 5.60. The van der Waals surface area contributed by atoms with Crippen molar-refractivity contribution >= 4 is 17.2 Å². The summed E-state index contributed by atoms with van der Waals surface area (Å²) in [5, 5.41) is 0. The van der Waals surface area contributed by atoms with Crippen molar-refractivity contribution in [3.63, 3.8) is 0 Å². The maximum Gasteiger partial charge on any atom is 0.155 e. The molecule has 0 aliphatic heterocycles. The van der Waals surface area contributed by atoms with Gasteiger partial charge in [-0.05, 0) is 37.6 Å². The van der Waals surface area contributed by atoms with Gasteiger partial charge in [0.25, 0.3) is 0 Å². The lowest BCUT2D eigenvalue weighted by molar-refractivity contribution is 1.12. The van der Waals surface area contributed by atoms with Crippen molar-refractivity contribution in [3.05, 3.63) is 47.7 Å². The van der Waals surface area contributed by atoms with Gasteiger partial charge in [-0.2, -0.15) is 0 Å². The van der Waals surface area contributed by atoms with E-state index >= 15 is 0 Å². The first kappa shape index (κ1) is 11.5. The van der Waals surface area contributed by atoms with Gasteiger partial charge in [-0.3, -0.25) is 0 Å². The molecule has 2 aromatic rings. The van der Waals surface area contributed by atoms with Crippen molar-refractivity contribution < 1.29 is 0 Å². The van der Waals surface area contributed by atoms with E-state index in [-0.39, 0.29) is 0 Å². The zero-order valence-electron chi connectivity index (χ0n) is 10.4. The first-order valence-electron chi connectivity index (χ1n) is 5.60. The second-order valence-electron chi connectivity index (χ2n) is 4.32. The minimum atomic E-state index is 0.702. The lowest BCUT2D eigenvalue weighted by Gasteiger charge is -2.20. The molecule has 0 fully saturated rings. The Morgan fingerprint density at radius 1 is 1.06 bits per heavy atom. The second-order valence-corrected chi connectivity index (χ2v) is 4.32. The van der Waals surface area contributed by atoms with Gasteiger partial charge >= 0.3 is 0 Å². The van der Waals surface area contributed by atoms with Gasteiger partial charge in [-0.1, -0.05) is 17.7 Å². The molecular weight excluding hydrogens is 210 g/mol. The molecule has 17 heavy (non-hydrogen) atoms. The molecule has 3 heteroatoms. The molecule has 0 aliphatic carbocycles. The minimum Gasteiger partial charge on any atom is -0.396 e. The number of nitrogens with zero attached hydrogens (tertiary/aromatic N) is 2. The molecule has 2 N–H and O–H groups in total. The summed E-state index contributed by atoms with van der Waals surface area (Å²) in [5.74, 6) is 0.791. The summed E-state index contributed by atoms with van der Waals surface area (Å²) >= 11 is 0. The van der Waals surface area contributed by atoms with Gasteiger partial charge in [-0.25, -0.2) is 4.98 Å². The van der Waals surface area contributed by atoms with Crippen molar-refractivity contribution in [3.8, 4) is 0 Å². The fourth-order valence-electron chi connectivity index (χ4n) is 1.76. The number of pyridine rings is 1. The average molecular weight is 227 g/mol. The molecule has 88 valence electrons. The van der Waals surface area contributed by atoms with Crippen LogP contribution in [0.5, 0.6) is 0 Å². The Labute approximate surface area is 102 Å². The third-order valence-corrected chi connectivity index (χ3v) is 2.77. The van der Waals surface area contributed by atoms with Gasteiger partial charge in [-0.15, -0.1) is 0 Å². The first-order chi connectivity index (χ1) is 8.08. The molecule has 0 radical (unpaired) electrons. The largest absolute Gasteiger partial charge is 0.396 e. The number of benzene rings is 1. The SMILES string of the molecule is Cc1ccc(N(C)c2ncc(C)cc2N)cc1. The molecule has 0 spiro atoms. The summed E-state index contributed by atoms with van der Waals surface area (Å²) in [4.78, 5) is 6.37. The number of anilines is 3. The molecule has 3 nitrogen and oxygen atoms in total. The van der Waals surface area contributed by atoms with Gasteiger partial charge in [0.2, 0.25) is 0 Å². The Morgan fingerprint density at radius 2 is 1.71 bits per heavy atom. The van der Waals surface area contributed by atoms with Crippen LogP contribution < -0.4 is 10.6 Å². The predicted molar refractivity (Wildman–Crippen MR) is 72.6 cm³/mol. The normalized spacial score (nSPS) is 10.3. The molecule has 0 atom stereocenters. The summed E-state index contributed by atoms with van der Waals surface area (Å²) < 4.78 is 0. The molecule has 0 unspecified atom stereocenters. The number of hydrogen-bond acceptors (Lipinski definition) is 3. The van der Waals surface area contributed by atoms with Crippen LogP contribution in [0.1, 0.15) is 11.1 Å². The maximum atomic E-state index is 5.99. The smallest absolute Gasteiger partial charge is 0.155 e. The van der Waals surface area contributed by atoms with E-state index < -0.39 is 0 Å². The third-order valence-electron chi connectivity index (χ3n) is 2.77. The van der Waals surface area contributed by atoms with E-state index in [0.29, 0.717) is 5.69 Å². The molecule has 0 saturated carbocycles. The molecule has 2 rings (SSSR count). The molecule has 1 aromatic carbocycles. The van der Waals surface area contributed by atoms with Crippen LogP contribution >= 0.6 is 0 Å². The van der Waals surface area contributed by atoms with Crippen molar-refractivity contribution in [1.29, 1.82) is 0 Å². The third kappa shape index (κ3) is 2.38. The predicted octanol–water partition coefficient (Wildman–Crippen LogP) is 3.05. The topological polar surface area (TPSA) is 42.2 Å². The lowest BCUT2D eigenvalue weighted by Crippen LogP contribution is -2.13. The highest BCUT2D eigenvalue weighted by atomic mass is 15.2. The monoisotopic (exact) mass is 227 g/mol. The summed E-state index contributed by atoms with van der Waals surface area (Å²) in [6.07, 6.45) is 1.83. The van der Waals surface area contributed by atoms with Gasteiger partial charge in [0.05, 0.1) is 5.69 Å². The number of aromatic nitrogens is 1.